The average Bonchev–Trinajstić information content (AvgIpc) is 3.04. The summed E-state index contributed by atoms with van der Waals surface area (Å²) in [6, 6.07) is 6.23. The van der Waals surface area contributed by atoms with Gasteiger partial charge in [0, 0.05) is 18.8 Å². The monoisotopic (exact) mass is 265 g/mol. The van der Waals surface area contributed by atoms with Crippen LogP contribution in [0.25, 0.3) is 0 Å². The number of rotatable bonds is 3. The zero-order chi connectivity index (χ0) is 12.4. The van der Waals surface area contributed by atoms with Crippen molar-refractivity contribution in [1.29, 1.82) is 0 Å². The maximum atomic E-state index is 6.33. The molecule has 1 heterocycles. The fourth-order valence-electron chi connectivity index (χ4n) is 2.94. The van der Waals surface area contributed by atoms with Crippen molar-refractivity contribution in [2.24, 2.45) is 0 Å². The Bertz CT molecular complexity index is 409. The normalized spacial score (nSPS) is 20.6. The van der Waals surface area contributed by atoms with Gasteiger partial charge < -0.3 is 9.64 Å². The molecule has 0 N–H and O–H groups in total. The van der Waals surface area contributed by atoms with Crippen molar-refractivity contribution in [3.05, 3.63) is 23.2 Å². The van der Waals surface area contributed by atoms with E-state index >= 15 is 0 Å². The number of halogens is 1. The molecule has 1 saturated carbocycles. The van der Waals surface area contributed by atoms with Crippen LogP contribution in [0.4, 0.5) is 5.69 Å². The van der Waals surface area contributed by atoms with Gasteiger partial charge in [0.1, 0.15) is 5.75 Å². The zero-order valence-electron chi connectivity index (χ0n) is 10.7. The van der Waals surface area contributed by atoms with E-state index in [0.29, 0.717) is 6.10 Å². The highest BCUT2D eigenvalue weighted by molar-refractivity contribution is 6.32. The Morgan fingerprint density at radius 1 is 1.06 bits per heavy atom. The lowest BCUT2D eigenvalue weighted by atomic mass is 10.2. The Labute approximate surface area is 114 Å². The summed E-state index contributed by atoms with van der Waals surface area (Å²) in [4.78, 5) is 2.39. The highest BCUT2D eigenvalue weighted by atomic mass is 35.5. The first-order valence-electron chi connectivity index (χ1n) is 7.04. The molecule has 1 aromatic carbocycles. The quantitative estimate of drug-likeness (QED) is 0.810. The molecular weight excluding hydrogens is 246 g/mol. The van der Waals surface area contributed by atoms with Crippen LogP contribution < -0.4 is 9.64 Å². The first-order chi connectivity index (χ1) is 8.83. The largest absolute Gasteiger partial charge is 0.489 e. The Morgan fingerprint density at radius 3 is 2.44 bits per heavy atom. The number of ether oxygens (including phenoxy) is 1. The van der Waals surface area contributed by atoms with E-state index in [4.69, 9.17) is 16.3 Å². The van der Waals surface area contributed by atoms with Gasteiger partial charge in [-0.2, -0.15) is 0 Å². The third-order valence-corrected chi connectivity index (χ3v) is 4.28. The van der Waals surface area contributed by atoms with E-state index in [-0.39, 0.29) is 0 Å². The SMILES string of the molecule is Clc1cc(N2CCCC2)ccc1OC1CCCC1. The van der Waals surface area contributed by atoms with E-state index in [1.807, 2.05) is 6.07 Å². The summed E-state index contributed by atoms with van der Waals surface area (Å²) < 4.78 is 5.97. The van der Waals surface area contributed by atoms with E-state index in [2.05, 4.69) is 17.0 Å². The number of anilines is 1. The first kappa shape index (κ1) is 12.2. The zero-order valence-corrected chi connectivity index (χ0v) is 11.5. The molecule has 3 rings (SSSR count). The lowest BCUT2D eigenvalue weighted by Crippen LogP contribution is -2.17. The molecule has 2 fully saturated rings. The van der Waals surface area contributed by atoms with Gasteiger partial charge in [-0.25, -0.2) is 0 Å². The van der Waals surface area contributed by atoms with Crippen LogP contribution in [0, 0.1) is 0 Å². The summed E-state index contributed by atoms with van der Waals surface area (Å²) in [6.07, 6.45) is 7.87. The predicted molar refractivity (Wildman–Crippen MR) is 75.8 cm³/mol. The molecule has 2 nitrogen and oxygen atoms in total. The second-order valence-electron chi connectivity index (χ2n) is 5.33. The van der Waals surface area contributed by atoms with Crippen LogP contribution in [-0.2, 0) is 0 Å². The van der Waals surface area contributed by atoms with Gasteiger partial charge in [-0.15, -0.1) is 0 Å². The van der Waals surface area contributed by atoms with Gasteiger partial charge in [0.05, 0.1) is 11.1 Å². The highest BCUT2D eigenvalue weighted by Crippen LogP contribution is 2.33. The van der Waals surface area contributed by atoms with Crippen molar-refractivity contribution in [3.63, 3.8) is 0 Å². The first-order valence-corrected chi connectivity index (χ1v) is 7.42. The van der Waals surface area contributed by atoms with Crippen molar-refractivity contribution in [1.82, 2.24) is 0 Å². The minimum atomic E-state index is 0.375. The Hall–Kier alpha value is -0.890. The van der Waals surface area contributed by atoms with Crippen LogP contribution in [0.3, 0.4) is 0 Å². The summed E-state index contributed by atoms with van der Waals surface area (Å²) in [6.45, 7) is 2.30. The molecule has 0 radical (unpaired) electrons. The van der Waals surface area contributed by atoms with Crippen molar-refractivity contribution < 1.29 is 4.74 Å². The van der Waals surface area contributed by atoms with E-state index < -0.39 is 0 Å². The molecule has 1 aromatic rings. The molecule has 1 aliphatic heterocycles. The van der Waals surface area contributed by atoms with Crippen LogP contribution >= 0.6 is 11.6 Å². The fourth-order valence-corrected chi connectivity index (χ4v) is 3.16. The Kier molecular flexibility index (Phi) is 3.64. The number of benzene rings is 1. The number of hydrogen-bond donors (Lipinski definition) is 0. The molecule has 0 atom stereocenters. The second kappa shape index (κ2) is 5.40. The van der Waals surface area contributed by atoms with E-state index in [1.165, 1.54) is 44.2 Å². The Morgan fingerprint density at radius 2 is 1.78 bits per heavy atom. The third-order valence-electron chi connectivity index (χ3n) is 3.98. The van der Waals surface area contributed by atoms with Gasteiger partial charge in [-0.3, -0.25) is 0 Å². The van der Waals surface area contributed by atoms with Crippen LogP contribution in [-0.4, -0.2) is 19.2 Å². The molecule has 3 heteroatoms. The molecular formula is C15H20ClNO. The lowest BCUT2D eigenvalue weighted by molar-refractivity contribution is 0.210. The van der Waals surface area contributed by atoms with E-state index in [9.17, 15) is 0 Å². The third kappa shape index (κ3) is 2.59. The van der Waals surface area contributed by atoms with Gasteiger partial charge in [-0.05, 0) is 56.7 Å². The molecule has 2 aliphatic rings. The smallest absolute Gasteiger partial charge is 0.138 e. The van der Waals surface area contributed by atoms with Gasteiger partial charge in [0.2, 0.25) is 0 Å². The summed E-state index contributed by atoms with van der Waals surface area (Å²) in [5, 5.41) is 0.756. The second-order valence-corrected chi connectivity index (χ2v) is 5.74. The molecule has 0 spiro atoms. The molecule has 0 unspecified atom stereocenters. The maximum Gasteiger partial charge on any atom is 0.138 e. The van der Waals surface area contributed by atoms with Crippen molar-refractivity contribution in [2.45, 2.75) is 44.6 Å². The molecule has 0 bridgehead atoms. The van der Waals surface area contributed by atoms with Gasteiger partial charge >= 0.3 is 0 Å². The number of hydrogen-bond acceptors (Lipinski definition) is 2. The molecule has 1 aliphatic carbocycles. The maximum absolute atomic E-state index is 6.33. The molecule has 98 valence electrons. The van der Waals surface area contributed by atoms with E-state index in [1.54, 1.807) is 0 Å². The Balaban J connectivity index is 1.71. The molecule has 1 saturated heterocycles. The standard InChI is InChI=1S/C15H20ClNO/c16-14-11-12(17-9-3-4-10-17)7-8-15(14)18-13-5-1-2-6-13/h7-8,11,13H,1-6,9-10H2. The summed E-state index contributed by atoms with van der Waals surface area (Å²) in [7, 11) is 0. The van der Waals surface area contributed by atoms with Gasteiger partial charge in [0.25, 0.3) is 0 Å². The lowest BCUT2D eigenvalue weighted by Gasteiger charge is -2.20. The van der Waals surface area contributed by atoms with Crippen molar-refractivity contribution >= 4 is 17.3 Å². The molecule has 18 heavy (non-hydrogen) atoms. The molecule has 0 amide bonds. The summed E-state index contributed by atoms with van der Waals surface area (Å²) in [5.74, 6) is 0.853. The minimum Gasteiger partial charge on any atom is -0.489 e. The summed E-state index contributed by atoms with van der Waals surface area (Å²) >= 11 is 6.33. The van der Waals surface area contributed by atoms with Gasteiger partial charge in [-0.1, -0.05) is 11.6 Å². The van der Waals surface area contributed by atoms with Crippen LogP contribution in [0.1, 0.15) is 38.5 Å². The van der Waals surface area contributed by atoms with Crippen molar-refractivity contribution in [3.8, 4) is 5.75 Å². The van der Waals surface area contributed by atoms with Crippen LogP contribution in [0.15, 0.2) is 18.2 Å². The fraction of sp³-hybridized carbons (Fsp3) is 0.600. The van der Waals surface area contributed by atoms with Crippen LogP contribution in [0.2, 0.25) is 5.02 Å². The summed E-state index contributed by atoms with van der Waals surface area (Å²) in [5.41, 5.74) is 1.23. The average molecular weight is 266 g/mol. The van der Waals surface area contributed by atoms with E-state index in [0.717, 1.165) is 23.9 Å². The van der Waals surface area contributed by atoms with Crippen LogP contribution in [0.5, 0.6) is 5.75 Å². The van der Waals surface area contributed by atoms with Crippen molar-refractivity contribution in [2.75, 3.05) is 18.0 Å². The highest BCUT2D eigenvalue weighted by Gasteiger charge is 2.19. The minimum absolute atomic E-state index is 0.375. The number of nitrogens with zero attached hydrogens (tertiary/aromatic N) is 1. The van der Waals surface area contributed by atoms with Gasteiger partial charge in [0.15, 0.2) is 0 Å². The predicted octanol–water partition coefficient (Wildman–Crippen LogP) is 4.26. The molecule has 0 aromatic heterocycles. The topological polar surface area (TPSA) is 12.5 Å².